The van der Waals surface area contributed by atoms with Gasteiger partial charge in [0.25, 0.3) is 0 Å². The first kappa shape index (κ1) is 50.9. The summed E-state index contributed by atoms with van der Waals surface area (Å²) in [6.45, 7) is 2.50. The van der Waals surface area contributed by atoms with Crippen LogP contribution in [0.2, 0.25) is 0 Å². The number of carboxylic acid groups (broad SMARTS) is 1. The van der Waals surface area contributed by atoms with E-state index in [9.17, 15) is 58.5 Å². The molecule has 0 unspecified atom stereocenters. The number of carbonyl (C=O) groups is 9. The van der Waals surface area contributed by atoms with Crippen LogP contribution >= 0.6 is 11.8 Å². The topological polar surface area (TPSA) is 365 Å². The Bertz CT molecular complexity index is 1850. The van der Waals surface area contributed by atoms with Crippen molar-refractivity contribution in [1.82, 2.24) is 31.9 Å². The predicted octanol–water partition coefficient (Wildman–Crippen LogP) is -3.21. The summed E-state index contributed by atoms with van der Waals surface area (Å²) in [6, 6.07) is 4.01. The third-order valence-corrected chi connectivity index (χ3v) is 9.69. The van der Waals surface area contributed by atoms with E-state index in [1.165, 1.54) is 49.9 Å². The predicted molar refractivity (Wildman–Crippen MR) is 222 cm³/mol. The van der Waals surface area contributed by atoms with Crippen molar-refractivity contribution < 1.29 is 58.5 Å². The van der Waals surface area contributed by atoms with Gasteiger partial charge in [-0.1, -0.05) is 42.5 Å². The highest BCUT2D eigenvalue weighted by Gasteiger charge is 2.35. The van der Waals surface area contributed by atoms with Gasteiger partial charge in [-0.2, -0.15) is 11.8 Å². The number of aliphatic hydroxyl groups is 1. The van der Waals surface area contributed by atoms with Gasteiger partial charge in [0, 0.05) is 19.3 Å². The number of primary amides is 2. The molecule has 0 heterocycles. The number of aliphatic hydroxyl groups excluding tert-OH is 1. The van der Waals surface area contributed by atoms with Crippen LogP contribution in [0.15, 0.2) is 54.6 Å². The smallest absolute Gasteiger partial charge is 0.326 e. The first-order valence-electron chi connectivity index (χ1n) is 19.1. The van der Waals surface area contributed by atoms with Crippen LogP contribution in [0.3, 0.4) is 0 Å². The Kier molecular flexibility index (Phi) is 21.2. The van der Waals surface area contributed by atoms with E-state index in [1.54, 1.807) is 36.6 Å². The van der Waals surface area contributed by atoms with Crippen molar-refractivity contribution in [3.05, 3.63) is 65.7 Å². The highest BCUT2D eigenvalue weighted by molar-refractivity contribution is 7.98. The third-order valence-electron chi connectivity index (χ3n) is 9.04. The maximum Gasteiger partial charge on any atom is 0.326 e. The average Bonchev–Trinajstić information content (AvgIpc) is 3.20. The zero-order valence-corrected chi connectivity index (χ0v) is 34.7. The molecule has 0 fully saturated rings. The molecule has 8 atom stereocenters. The van der Waals surface area contributed by atoms with E-state index in [4.69, 9.17) is 17.2 Å². The van der Waals surface area contributed by atoms with E-state index >= 15 is 0 Å². The molecule has 15 N–H and O–H groups in total. The van der Waals surface area contributed by atoms with Crippen molar-refractivity contribution in [1.29, 1.82) is 0 Å². The van der Waals surface area contributed by atoms with Gasteiger partial charge >= 0.3 is 5.97 Å². The van der Waals surface area contributed by atoms with Gasteiger partial charge in [0.2, 0.25) is 47.3 Å². The molecule has 334 valence electrons. The number of carboxylic acids is 1. The van der Waals surface area contributed by atoms with Crippen molar-refractivity contribution in [2.45, 2.75) is 101 Å². The molecule has 0 aliphatic heterocycles. The molecule has 2 aromatic carbocycles. The summed E-state index contributed by atoms with van der Waals surface area (Å²) in [5.41, 5.74) is 17.1. The zero-order valence-electron chi connectivity index (χ0n) is 33.9. The quantitative estimate of drug-likeness (QED) is 0.0443. The molecule has 21 nitrogen and oxygen atoms in total. The van der Waals surface area contributed by atoms with Crippen LogP contribution in [0.25, 0.3) is 0 Å². The Hall–Kier alpha value is -6.26. The highest BCUT2D eigenvalue weighted by atomic mass is 32.2. The van der Waals surface area contributed by atoms with Gasteiger partial charge in [-0.05, 0) is 62.0 Å². The van der Waals surface area contributed by atoms with Crippen LogP contribution in [0.5, 0.6) is 5.75 Å². The maximum absolute atomic E-state index is 14.1. The second kappa shape index (κ2) is 25.4. The second-order valence-corrected chi connectivity index (χ2v) is 15.1. The number of phenols is 1. The molecule has 0 aliphatic rings. The van der Waals surface area contributed by atoms with Crippen LogP contribution in [0, 0.1) is 0 Å². The average molecular weight is 874 g/mol. The number of rotatable bonds is 26. The molecule has 8 amide bonds. The molecular formula is C39H55N9O12S. The molecule has 0 bridgehead atoms. The SMILES string of the molecule is CSCC[C@H](NC(=O)[C@H](Cc1ccccc1)NC(=O)[C@@H](NC(=O)[C@H](C)NC(=O)[C@@H](N)CCC(N)=O)[C@@H](C)O)C(=O)N[C@@H](Cc1ccc(O)cc1)C(=O)N[C@@H](CC(N)=O)C(=O)O. The lowest BCUT2D eigenvalue weighted by molar-refractivity contribution is -0.143. The number of nitrogens with two attached hydrogens (primary N) is 3. The Labute approximate surface area is 356 Å². The fraction of sp³-hybridized carbons (Fsp3) is 0.462. The number of hydrogen-bond donors (Lipinski definition) is 12. The van der Waals surface area contributed by atoms with Gasteiger partial charge in [0.1, 0.15) is 42.0 Å². The zero-order chi connectivity index (χ0) is 45.8. The molecular weight excluding hydrogens is 819 g/mol. The minimum atomic E-state index is -1.73. The lowest BCUT2D eigenvalue weighted by atomic mass is 10.0. The lowest BCUT2D eigenvalue weighted by Crippen LogP contribution is -2.61. The van der Waals surface area contributed by atoms with Crippen LogP contribution in [-0.4, -0.2) is 129 Å². The summed E-state index contributed by atoms with van der Waals surface area (Å²) in [6.07, 6.45) is -1.11. The van der Waals surface area contributed by atoms with Gasteiger partial charge in [-0.15, -0.1) is 0 Å². The van der Waals surface area contributed by atoms with E-state index in [1.807, 2.05) is 0 Å². The summed E-state index contributed by atoms with van der Waals surface area (Å²) < 4.78 is 0. The van der Waals surface area contributed by atoms with Gasteiger partial charge in [0.15, 0.2) is 0 Å². The van der Waals surface area contributed by atoms with Crippen molar-refractivity contribution in [2.24, 2.45) is 17.2 Å². The Morgan fingerprint density at radius 3 is 1.64 bits per heavy atom. The first-order chi connectivity index (χ1) is 28.7. The number of benzene rings is 2. The third kappa shape index (κ3) is 18.3. The molecule has 2 rings (SSSR count). The molecule has 22 heteroatoms. The number of thioether (sulfide) groups is 1. The lowest BCUT2D eigenvalue weighted by Gasteiger charge is -2.28. The minimum absolute atomic E-state index is 0.0138. The van der Waals surface area contributed by atoms with Crippen molar-refractivity contribution in [2.75, 3.05) is 12.0 Å². The van der Waals surface area contributed by atoms with E-state index < -0.39 is 108 Å². The van der Waals surface area contributed by atoms with Gasteiger partial charge in [0.05, 0.1) is 18.6 Å². The number of carbonyl (C=O) groups excluding carboxylic acids is 8. The number of aliphatic carboxylic acids is 1. The Balaban J connectivity index is 2.37. The van der Waals surface area contributed by atoms with Gasteiger partial charge < -0.3 is 64.4 Å². The van der Waals surface area contributed by atoms with Crippen molar-refractivity contribution >= 4 is 65.0 Å². The minimum Gasteiger partial charge on any atom is -0.508 e. The summed E-state index contributed by atoms with van der Waals surface area (Å²) in [4.78, 5) is 115. The molecule has 0 aromatic heterocycles. The molecule has 2 aromatic rings. The normalized spacial score (nSPS) is 14.8. The fourth-order valence-electron chi connectivity index (χ4n) is 5.62. The number of aromatic hydroxyl groups is 1. The van der Waals surface area contributed by atoms with Crippen LogP contribution in [-0.2, 0) is 56.0 Å². The summed E-state index contributed by atoms with van der Waals surface area (Å²) >= 11 is 1.33. The molecule has 0 spiro atoms. The monoisotopic (exact) mass is 873 g/mol. The standard InChI is InChI=1S/C39H55N9O12S/c1-20(43-34(54)25(40)13-14-30(41)51)33(53)48-32(21(2)49)38(58)46-28(17-22-7-5-4-6-8-22)36(56)44-26(15-16-61-3)35(55)45-27(18-23-9-11-24(50)12-10-23)37(57)47-29(39(59)60)19-31(42)52/h4-12,20-21,25-29,32,49-50H,13-19,40H2,1-3H3,(H2,41,51)(H2,42,52)(H,43,54)(H,44,56)(H,45,55)(H,46,58)(H,47,57)(H,48,53)(H,59,60)/t20-,21+,25-,26-,27-,28-,29-,32-/m0/s1. The Morgan fingerprint density at radius 2 is 1.13 bits per heavy atom. The summed E-state index contributed by atoms with van der Waals surface area (Å²) in [5.74, 6) is -8.42. The van der Waals surface area contributed by atoms with E-state index in [-0.39, 0.29) is 37.9 Å². The highest BCUT2D eigenvalue weighted by Crippen LogP contribution is 2.13. The van der Waals surface area contributed by atoms with Crippen LogP contribution in [0.1, 0.15) is 50.7 Å². The molecule has 0 saturated carbocycles. The molecule has 0 aliphatic carbocycles. The molecule has 61 heavy (non-hydrogen) atoms. The largest absolute Gasteiger partial charge is 0.508 e. The maximum atomic E-state index is 14.1. The van der Waals surface area contributed by atoms with E-state index in [0.29, 0.717) is 16.9 Å². The number of phenolic OH excluding ortho intramolecular Hbond substituents is 1. The molecule has 0 saturated heterocycles. The summed E-state index contributed by atoms with van der Waals surface area (Å²) in [5, 5.41) is 44.5. The molecule has 0 radical (unpaired) electrons. The number of hydrogen-bond acceptors (Lipinski definition) is 13. The fourth-order valence-corrected chi connectivity index (χ4v) is 6.09. The second-order valence-electron chi connectivity index (χ2n) is 14.2. The summed E-state index contributed by atoms with van der Waals surface area (Å²) in [7, 11) is 0. The van der Waals surface area contributed by atoms with Crippen LogP contribution < -0.4 is 49.1 Å². The van der Waals surface area contributed by atoms with Gasteiger partial charge in [-0.3, -0.25) is 38.4 Å². The first-order valence-corrected chi connectivity index (χ1v) is 20.5. The number of nitrogens with one attached hydrogen (secondary N) is 6. The number of amides is 8. The van der Waals surface area contributed by atoms with Crippen molar-refractivity contribution in [3.8, 4) is 5.75 Å². The van der Waals surface area contributed by atoms with E-state index in [0.717, 1.165) is 0 Å². The van der Waals surface area contributed by atoms with Crippen molar-refractivity contribution in [3.63, 3.8) is 0 Å². The van der Waals surface area contributed by atoms with Crippen LogP contribution in [0.4, 0.5) is 0 Å². The van der Waals surface area contributed by atoms with Gasteiger partial charge in [-0.25, -0.2) is 4.79 Å². The Morgan fingerprint density at radius 1 is 0.623 bits per heavy atom. The van der Waals surface area contributed by atoms with E-state index in [2.05, 4.69) is 31.9 Å².